The van der Waals surface area contributed by atoms with Gasteiger partial charge in [0.1, 0.15) is 5.75 Å². The van der Waals surface area contributed by atoms with E-state index in [-0.39, 0.29) is 12.0 Å². The fourth-order valence-corrected chi connectivity index (χ4v) is 4.02. The van der Waals surface area contributed by atoms with Gasteiger partial charge in [0.05, 0.1) is 31.5 Å². The predicted octanol–water partition coefficient (Wildman–Crippen LogP) is 4.23. The summed E-state index contributed by atoms with van der Waals surface area (Å²) in [5.74, 6) is -0.610. The number of ether oxygens (including phenoxy) is 3. The van der Waals surface area contributed by atoms with Crippen LogP contribution in [-0.4, -0.2) is 25.2 Å². The lowest BCUT2D eigenvalue weighted by Gasteiger charge is -2.33. The summed E-state index contributed by atoms with van der Waals surface area (Å²) >= 11 is 0. The van der Waals surface area contributed by atoms with E-state index in [4.69, 9.17) is 14.2 Å². The number of hydrogen-bond donors (Lipinski definition) is 0. The van der Waals surface area contributed by atoms with Crippen molar-refractivity contribution in [2.24, 2.45) is 0 Å². The van der Waals surface area contributed by atoms with Crippen LogP contribution in [0.1, 0.15) is 42.5 Å². The fourth-order valence-electron chi connectivity index (χ4n) is 4.02. The summed E-state index contributed by atoms with van der Waals surface area (Å²) in [6.45, 7) is 9.55. The molecule has 1 fully saturated rings. The molecular formula is C23H27NO4. The van der Waals surface area contributed by atoms with Gasteiger partial charge in [0.15, 0.2) is 0 Å². The highest BCUT2D eigenvalue weighted by Crippen LogP contribution is 2.48. The Hall–Kier alpha value is -2.37. The van der Waals surface area contributed by atoms with Crippen LogP contribution in [0.4, 0.5) is 5.69 Å². The molecule has 0 saturated carbocycles. The lowest BCUT2D eigenvalue weighted by Crippen LogP contribution is -2.47. The van der Waals surface area contributed by atoms with Gasteiger partial charge in [-0.15, -0.1) is 0 Å². The summed E-state index contributed by atoms with van der Waals surface area (Å²) < 4.78 is 17.7. The van der Waals surface area contributed by atoms with E-state index in [9.17, 15) is 4.79 Å². The molecule has 2 aliphatic rings. The van der Waals surface area contributed by atoms with Crippen LogP contribution in [0.15, 0.2) is 36.4 Å². The Morgan fingerprint density at radius 1 is 1.04 bits per heavy atom. The Balaban J connectivity index is 1.70. The number of hydrogen-bond acceptors (Lipinski definition) is 4. The third-order valence-electron chi connectivity index (χ3n) is 5.25. The van der Waals surface area contributed by atoms with Gasteiger partial charge in [-0.3, -0.25) is 4.79 Å². The molecule has 0 bridgehead atoms. The van der Waals surface area contributed by atoms with Crippen molar-refractivity contribution in [1.29, 1.82) is 0 Å². The van der Waals surface area contributed by atoms with E-state index in [1.165, 1.54) is 0 Å². The highest BCUT2D eigenvalue weighted by molar-refractivity contribution is 6.07. The van der Waals surface area contributed by atoms with Gasteiger partial charge in [0.25, 0.3) is 11.7 Å². The summed E-state index contributed by atoms with van der Waals surface area (Å²) in [5, 5.41) is 0. The second-order valence-electron chi connectivity index (χ2n) is 7.79. The number of rotatable bonds is 4. The van der Waals surface area contributed by atoms with E-state index in [0.29, 0.717) is 19.8 Å². The van der Waals surface area contributed by atoms with Crippen molar-refractivity contribution in [2.45, 2.75) is 52.6 Å². The summed E-state index contributed by atoms with van der Waals surface area (Å²) in [7, 11) is 0. The van der Waals surface area contributed by atoms with Crippen molar-refractivity contribution in [3.8, 4) is 5.75 Å². The summed E-state index contributed by atoms with van der Waals surface area (Å²) in [6, 6.07) is 12.0. The van der Waals surface area contributed by atoms with E-state index < -0.39 is 5.79 Å². The van der Waals surface area contributed by atoms with Crippen LogP contribution >= 0.6 is 0 Å². The lowest BCUT2D eigenvalue weighted by atomic mass is 9.97. The van der Waals surface area contributed by atoms with Gasteiger partial charge in [0.2, 0.25) is 0 Å². The Labute approximate surface area is 166 Å². The van der Waals surface area contributed by atoms with Gasteiger partial charge >= 0.3 is 0 Å². The van der Waals surface area contributed by atoms with E-state index in [2.05, 4.69) is 6.07 Å². The normalized spacial score (nSPS) is 18.0. The minimum absolute atomic E-state index is 0.129. The largest absolute Gasteiger partial charge is 0.491 e. The second kappa shape index (κ2) is 7.22. The highest BCUT2D eigenvalue weighted by atomic mass is 16.7. The number of anilines is 1. The van der Waals surface area contributed by atoms with Crippen LogP contribution < -0.4 is 9.64 Å². The Bertz CT molecular complexity index is 882. The zero-order chi connectivity index (χ0) is 19.9. The third-order valence-corrected chi connectivity index (χ3v) is 5.25. The zero-order valence-corrected chi connectivity index (χ0v) is 17.0. The number of amides is 1. The quantitative estimate of drug-likeness (QED) is 0.795. The average Bonchev–Trinajstić information content (AvgIpc) is 2.90. The van der Waals surface area contributed by atoms with Crippen LogP contribution in [0.2, 0.25) is 0 Å². The first-order valence-electron chi connectivity index (χ1n) is 9.88. The minimum atomic E-state index is -1.30. The second-order valence-corrected chi connectivity index (χ2v) is 7.79. The van der Waals surface area contributed by atoms with Crippen molar-refractivity contribution in [1.82, 2.24) is 0 Å². The molecule has 28 heavy (non-hydrogen) atoms. The molecule has 0 atom stereocenters. The molecule has 2 aromatic carbocycles. The van der Waals surface area contributed by atoms with Gasteiger partial charge in [-0.25, -0.2) is 0 Å². The van der Waals surface area contributed by atoms with Crippen molar-refractivity contribution in [3.63, 3.8) is 0 Å². The van der Waals surface area contributed by atoms with Crippen LogP contribution in [0.3, 0.4) is 0 Å². The molecule has 2 aliphatic heterocycles. The molecule has 4 rings (SSSR count). The maximum atomic E-state index is 13.5. The maximum Gasteiger partial charge on any atom is 0.292 e. The number of benzene rings is 2. The molecule has 0 N–H and O–H groups in total. The molecule has 2 aromatic rings. The van der Waals surface area contributed by atoms with E-state index in [1.807, 2.05) is 58.0 Å². The van der Waals surface area contributed by atoms with Crippen molar-refractivity contribution >= 4 is 11.6 Å². The maximum absolute atomic E-state index is 13.5. The Kier molecular flexibility index (Phi) is 4.89. The molecule has 5 nitrogen and oxygen atoms in total. The summed E-state index contributed by atoms with van der Waals surface area (Å²) in [6.07, 6.45) is 0.927. The molecule has 148 valence electrons. The monoisotopic (exact) mass is 381 g/mol. The first kappa shape index (κ1) is 19.0. The summed E-state index contributed by atoms with van der Waals surface area (Å²) in [5.41, 5.74) is 4.86. The van der Waals surface area contributed by atoms with Crippen LogP contribution in [-0.2, 0) is 26.6 Å². The lowest BCUT2D eigenvalue weighted by molar-refractivity contribution is -0.257. The highest BCUT2D eigenvalue weighted by Gasteiger charge is 2.56. The van der Waals surface area contributed by atoms with E-state index >= 15 is 0 Å². The topological polar surface area (TPSA) is 48.0 Å². The predicted molar refractivity (Wildman–Crippen MR) is 108 cm³/mol. The molecule has 0 aliphatic carbocycles. The van der Waals surface area contributed by atoms with Gasteiger partial charge < -0.3 is 19.1 Å². The SMILES string of the molecule is Cc1ccc(C)c2c1N(Cc1ccc(OC(C)C)cc1)C(=O)C21OCCCO1. The average molecular weight is 381 g/mol. The minimum Gasteiger partial charge on any atom is -0.491 e. The van der Waals surface area contributed by atoms with E-state index in [1.54, 1.807) is 4.90 Å². The molecular weight excluding hydrogens is 354 g/mol. The van der Waals surface area contributed by atoms with Crippen LogP contribution in [0.25, 0.3) is 0 Å². The number of fused-ring (bicyclic) bond motifs is 2. The van der Waals surface area contributed by atoms with Crippen LogP contribution in [0, 0.1) is 13.8 Å². The third kappa shape index (κ3) is 3.09. The number of carbonyl (C=O) groups excluding carboxylic acids is 1. The van der Waals surface area contributed by atoms with Gasteiger partial charge in [-0.2, -0.15) is 0 Å². The molecule has 0 aromatic heterocycles. The molecule has 1 amide bonds. The number of aryl methyl sites for hydroxylation is 2. The first-order valence-corrected chi connectivity index (χ1v) is 9.88. The zero-order valence-electron chi connectivity index (χ0n) is 17.0. The first-order chi connectivity index (χ1) is 13.4. The number of nitrogens with zero attached hydrogens (tertiary/aromatic N) is 1. The molecule has 2 heterocycles. The van der Waals surface area contributed by atoms with Crippen LogP contribution in [0.5, 0.6) is 5.75 Å². The van der Waals surface area contributed by atoms with Crippen molar-refractivity contribution < 1.29 is 19.0 Å². The smallest absolute Gasteiger partial charge is 0.292 e. The molecule has 0 radical (unpaired) electrons. The van der Waals surface area contributed by atoms with E-state index in [0.717, 1.165) is 40.1 Å². The van der Waals surface area contributed by atoms with Gasteiger partial charge in [-0.05, 0) is 62.9 Å². The Morgan fingerprint density at radius 3 is 2.32 bits per heavy atom. The fraction of sp³-hybridized carbons (Fsp3) is 0.435. The van der Waals surface area contributed by atoms with Gasteiger partial charge in [-0.1, -0.05) is 24.3 Å². The van der Waals surface area contributed by atoms with Crippen molar-refractivity contribution in [3.05, 3.63) is 58.7 Å². The molecule has 1 spiro atoms. The molecule has 1 saturated heterocycles. The Morgan fingerprint density at radius 2 is 1.68 bits per heavy atom. The molecule has 5 heteroatoms. The standard InChI is InChI=1S/C23H27NO4/c1-15(2)28-19-10-8-18(9-11-19)14-24-21-17(4)7-6-16(3)20(21)23(22(24)25)26-12-5-13-27-23/h6-11,15H,5,12-14H2,1-4H3. The number of carbonyl (C=O) groups is 1. The van der Waals surface area contributed by atoms with Gasteiger partial charge in [0, 0.05) is 5.56 Å². The van der Waals surface area contributed by atoms with Crippen molar-refractivity contribution in [2.75, 3.05) is 18.1 Å². The molecule has 0 unspecified atom stereocenters. The summed E-state index contributed by atoms with van der Waals surface area (Å²) in [4.78, 5) is 15.3.